The second-order valence-corrected chi connectivity index (χ2v) is 7.46. The lowest BCUT2D eigenvalue weighted by Crippen LogP contribution is -2.11. The molecule has 0 bridgehead atoms. The average Bonchev–Trinajstić information content (AvgIpc) is 3.15. The molecule has 0 aliphatic carbocycles. The lowest BCUT2D eigenvalue weighted by Gasteiger charge is -2.10. The molecule has 0 radical (unpaired) electrons. The first-order chi connectivity index (χ1) is 14.5. The van der Waals surface area contributed by atoms with Crippen molar-refractivity contribution in [2.45, 2.75) is 13.8 Å². The molecule has 1 amide bonds. The third-order valence-electron chi connectivity index (χ3n) is 4.29. The highest BCUT2D eigenvalue weighted by Gasteiger charge is 2.09. The Morgan fingerprint density at radius 2 is 1.87 bits per heavy atom. The SMILES string of the molecule is Cc1nc(Oc2ccc(NC(=O)c3cccc(Br)c3)cc2)cc(-n2ccnc2C)n1. The van der Waals surface area contributed by atoms with E-state index >= 15 is 0 Å². The van der Waals surface area contributed by atoms with E-state index in [1.54, 1.807) is 48.7 Å². The second-order valence-electron chi connectivity index (χ2n) is 6.55. The summed E-state index contributed by atoms with van der Waals surface area (Å²) in [4.78, 5) is 25.4. The van der Waals surface area contributed by atoms with Gasteiger partial charge in [-0.2, -0.15) is 4.98 Å². The Morgan fingerprint density at radius 1 is 1.07 bits per heavy atom. The van der Waals surface area contributed by atoms with Crippen molar-refractivity contribution in [1.82, 2.24) is 19.5 Å². The first kappa shape index (κ1) is 19.8. The van der Waals surface area contributed by atoms with Gasteiger partial charge in [0.1, 0.15) is 23.2 Å². The van der Waals surface area contributed by atoms with E-state index in [4.69, 9.17) is 4.74 Å². The zero-order valence-corrected chi connectivity index (χ0v) is 17.9. The molecule has 0 unspecified atom stereocenters. The molecule has 30 heavy (non-hydrogen) atoms. The maximum absolute atomic E-state index is 12.4. The smallest absolute Gasteiger partial charge is 0.255 e. The number of amides is 1. The third-order valence-corrected chi connectivity index (χ3v) is 4.79. The monoisotopic (exact) mass is 463 g/mol. The van der Waals surface area contributed by atoms with Gasteiger partial charge in [0.15, 0.2) is 0 Å². The van der Waals surface area contributed by atoms with Crippen molar-refractivity contribution in [3.05, 3.63) is 88.7 Å². The number of aryl methyl sites for hydroxylation is 2. The highest BCUT2D eigenvalue weighted by atomic mass is 79.9. The number of rotatable bonds is 5. The van der Waals surface area contributed by atoms with Crippen LogP contribution in [-0.4, -0.2) is 25.4 Å². The van der Waals surface area contributed by atoms with Crippen molar-refractivity contribution >= 4 is 27.5 Å². The summed E-state index contributed by atoms with van der Waals surface area (Å²) in [7, 11) is 0. The van der Waals surface area contributed by atoms with Crippen molar-refractivity contribution in [3.63, 3.8) is 0 Å². The van der Waals surface area contributed by atoms with Crippen molar-refractivity contribution in [2.24, 2.45) is 0 Å². The number of hydrogen-bond acceptors (Lipinski definition) is 5. The number of ether oxygens (including phenoxy) is 1. The van der Waals surface area contributed by atoms with Crippen molar-refractivity contribution in [1.29, 1.82) is 0 Å². The Bertz CT molecular complexity index is 1200. The maximum Gasteiger partial charge on any atom is 0.255 e. The molecular formula is C22H18BrN5O2. The number of imidazole rings is 1. The molecule has 2 aromatic carbocycles. The predicted molar refractivity (Wildman–Crippen MR) is 117 cm³/mol. The topological polar surface area (TPSA) is 81.9 Å². The van der Waals surface area contributed by atoms with Gasteiger partial charge in [0, 0.05) is 34.2 Å². The summed E-state index contributed by atoms with van der Waals surface area (Å²) < 4.78 is 8.61. The Labute approximate surface area is 181 Å². The number of halogens is 1. The van der Waals surface area contributed by atoms with Gasteiger partial charge in [0.2, 0.25) is 5.88 Å². The van der Waals surface area contributed by atoms with Crippen LogP contribution >= 0.6 is 15.9 Å². The van der Waals surface area contributed by atoms with Crippen molar-refractivity contribution < 1.29 is 9.53 Å². The molecule has 2 aromatic heterocycles. The zero-order chi connectivity index (χ0) is 21.1. The maximum atomic E-state index is 12.4. The van der Waals surface area contributed by atoms with E-state index in [-0.39, 0.29) is 5.91 Å². The van der Waals surface area contributed by atoms with Crippen LogP contribution in [-0.2, 0) is 0 Å². The summed E-state index contributed by atoms with van der Waals surface area (Å²) in [6, 6.07) is 16.1. The van der Waals surface area contributed by atoms with E-state index in [2.05, 4.69) is 36.2 Å². The first-order valence-corrected chi connectivity index (χ1v) is 9.98. The molecular weight excluding hydrogens is 446 g/mol. The summed E-state index contributed by atoms with van der Waals surface area (Å²) in [5, 5.41) is 2.87. The van der Waals surface area contributed by atoms with Crippen molar-refractivity contribution in [2.75, 3.05) is 5.32 Å². The minimum Gasteiger partial charge on any atom is -0.439 e. The number of carbonyl (C=O) groups excluding carboxylic acids is 1. The quantitative estimate of drug-likeness (QED) is 0.445. The normalized spacial score (nSPS) is 10.6. The summed E-state index contributed by atoms with van der Waals surface area (Å²) in [5.41, 5.74) is 1.24. The zero-order valence-electron chi connectivity index (χ0n) is 16.3. The Morgan fingerprint density at radius 3 is 2.57 bits per heavy atom. The number of hydrogen-bond donors (Lipinski definition) is 1. The van der Waals surface area contributed by atoms with E-state index < -0.39 is 0 Å². The van der Waals surface area contributed by atoms with Gasteiger partial charge in [-0.3, -0.25) is 9.36 Å². The summed E-state index contributed by atoms with van der Waals surface area (Å²) >= 11 is 3.37. The minimum absolute atomic E-state index is 0.184. The lowest BCUT2D eigenvalue weighted by atomic mass is 10.2. The fraction of sp³-hybridized carbons (Fsp3) is 0.0909. The van der Waals surface area contributed by atoms with Crippen LogP contribution in [0.3, 0.4) is 0 Å². The molecule has 2 heterocycles. The fourth-order valence-electron chi connectivity index (χ4n) is 2.88. The van der Waals surface area contributed by atoms with Crippen LogP contribution in [0.1, 0.15) is 22.0 Å². The van der Waals surface area contributed by atoms with Crippen LogP contribution in [0.5, 0.6) is 11.6 Å². The van der Waals surface area contributed by atoms with Gasteiger partial charge in [-0.05, 0) is 56.3 Å². The van der Waals surface area contributed by atoms with Crippen LogP contribution in [0.4, 0.5) is 5.69 Å². The van der Waals surface area contributed by atoms with Crippen LogP contribution in [0.25, 0.3) is 5.82 Å². The van der Waals surface area contributed by atoms with Gasteiger partial charge in [0.05, 0.1) is 0 Å². The molecule has 4 rings (SSSR count). The predicted octanol–water partition coefficient (Wildman–Crippen LogP) is 5.09. The largest absolute Gasteiger partial charge is 0.439 e. The molecule has 8 heteroatoms. The number of benzene rings is 2. The van der Waals surface area contributed by atoms with Crippen LogP contribution < -0.4 is 10.1 Å². The summed E-state index contributed by atoms with van der Waals surface area (Å²) in [6.07, 6.45) is 3.55. The Hall–Kier alpha value is -3.52. The van der Waals surface area contributed by atoms with Gasteiger partial charge >= 0.3 is 0 Å². The summed E-state index contributed by atoms with van der Waals surface area (Å²) in [5.74, 6) is 2.94. The molecule has 7 nitrogen and oxygen atoms in total. The van der Waals surface area contributed by atoms with Gasteiger partial charge in [-0.15, -0.1) is 0 Å². The lowest BCUT2D eigenvalue weighted by molar-refractivity contribution is 0.102. The Balaban J connectivity index is 1.48. The fourth-order valence-corrected chi connectivity index (χ4v) is 3.28. The minimum atomic E-state index is -0.184. The number of nitrogens with zero attached hydrogens (tertiary/aromatic N) is 4. The van der Waals surface area contributed by atoms with E-state index in [0.29, 0.717) is 34.5 Å². The average molecular weight is 464 g/mol. The standard InChI is InChI=1S/C22H18BrN5O2/c1-14-25-20(28-11-10-24-15(28)2)13-21(26-14)30-19-8-6-18(7-9-19)27-22(29)16-4-3-5-17(23)12-16/h3-13H,1-2H3,(H,27,29). The van der Waals surface area contributed by atoms with Gasteiger partial charge < -0.3 is 10.1 Å². The van der Waals surface area contributed by atoms with Gasteiger partial charge in [-0.25, -0.2) is 9.97 Å². The molecule has 0 atom stereocenters. The van der Waals surface area contributed by atoms with E-state index in [0.717, 1.165) is 10.3 Å². The third kappa shape index (κ3) is 4.55. The molecule has 0 aliphatic rings. The van der Waals surface area contributed by atoms with E-state index in [1.165, 1.54) is 0 Å². The highest BCUT2D eigenvalue weighted by Crippen LogP contribution is 2.24. The molecule has 1 N–H and O–H groups in total. The molecule has 0 saturated heterocycles. The van der Waals surface area contributed by atoms with Gasteiger partial charge in [0.25, 0.3) is 5.91 Å². The van der Waals surface area contributed by atoms with Crippen molar-refractivity contribution in [3.8, 4) is 17.4 Å². The molecule has 4 aromatic rings. The Kier molecular flexibility index (Phi) is 5.58. The van der Waals surface area contributed by atoms with Crippen LogP contribution in [0.15, 0.2) is 71.5 Å². The number of nitrogens with one attached hydrogen (secondary N) is 1. The van der Waals surface area contributed by atoms with Crippen LogP contribution in [0, 0.1) is 13.8 Å². The van der Waals surface area contributed by atoms with E-state index in [9.17, 15) is 4.79 Å². The highest BCUT2D eigenvalue weighted by molar-refractivity contribution is 9.10. The van der Waals surface area contributed by atoms with Gasteiger partial charge in [-0.1, -0.05) is 22.0 Å². The number of anilines is 1. The number of aromatic nitrogens is 4. The second kappa shape index (κ2) is 8.46. The summed E-state index contributed by atoms with van der Waals surface area (Å²) in [6.45, 7) is 3.71. The number of carbonyl (C=O) groups is 1. The first-order valence-electron chi connectivity index (χ1n) is 9.19. The molecule has 0 fully saturated rings. The molecule has 150 valence electrons. The molecule has 0 aliphatic heterocycles. The van der Waals surface area contributed by atoms with Crippen LogP contribution in [0.2, 0.25) is 0 Å². The molecule has 0 spiro atoms. The van der Waals surface area contributed by atoms with E-state index in [1.807, 2.05) is 36.7 Å². The molecule has 0 saturated carbocycles.